The lowest BCUT2D eigenvalue weighted by Crippen LogP contribution is -2.49. The molecule has 2 rings (SSSR count). The number of sulfone groups is 1. The number of nitrogens with zero attached hydrogens (tertiary/aromatic N) is 1. The lowest BCUT2D eigenvalue weighted by atomic mass is 10.1. The third kappa shape index (κ3) is 3.08. The fourth-order valence-electron chi connectivity index (χ4n) is 2.71. The van der Waals surface area contributed by atoms with Crippen LogP contribution in [0.4, 0.5) is 0 Å². The number of Topliss-reactive ketones (excluding diaryl/α,β-unsaturated/α-hetero) is 1. The molecule has 2 fully saturated rings. The van der Waals surface area contributed by atoms with E-state index in [9.17, 15) is 13.2 Å². The summed E-state index contributed by atoms with van der Waals surface area (Å²) in [6.07, 6.45) is 2.58. The highest BCUT2D eigenvalue weighted by Gasteiger charge is 2.36. The summed E-state index contributed by atoms with van der Waals surface area (Å²) < 4.78 is 24.2. The van der Waals surface area contributed by atoms with Gasteiger partial charge in [-0.25, -0.2) is 8.42 Å². The molecule has 0 aromatic heterocycles. The highest BCUT2D eigenvalue weighted by molar-refractivity contribution is 8.01. The van der Waals surface area contributed by atoms with Gasteiger partial charge in [-0.3, -0.25) is 9.69 Å². The van der Waals surface area contributed by atoms with Gasteiger partial charge in [0.05, 0.1) is 0 Å². The van der Waals surface area contributed by atoms with Crippen LogP contribution in [0.15, 0.2) is 0 Å². The highest BCUT2D eigenvalue weighted by Crippen LogP contribution is 2.27. The summed E-state index contributed by atoms with van der Waals surface area (Å²) >= 11 is 1.70. The van der Waals surface area contributed by atoms with E-state index in [1.807, 2.05) is 4.90 Å². The Bertz CT molecular complexity index is 408. The van der Waals surface area contributed by atoms with E-state index >= 15 is 0 Å². The molecule has 0 aromatic carbocycles. The van der Waals surface area contributed by atoms with Gasteiger partial charge in [-0.05, 0) is 12.8 Å². The minimum atomic E-state index is -3.04. The van der Waals surface area contributed by atoms with Gasteiger partial charge in [0.15, 0.2) is 9.84 Å². The molecule has 2 unspecified atom stereocenters. The third-order valence-corrected chi connectivity index (χ3v) is 7.23. The summed E-state index contributed by atoms with van der Waals surface area (Å²) in [5, 5.41) is -0.380. The molecule has 104 valence electrons. The van der Waals surface area contributed by atoms with Crippen LogP contribution in [0.2, 0.25) is 0 Å². The number of hydrogen-bond donors (Lipinski definition) is 0. The van der Waals surface area contributed by atoms with Crippen LogP contribution >= 0.6 is 11.8 Å². The van der Waals surface area contributed by atoms with Crippen LogP contribution in [0, 0.1) is 5.92 Å². The Hall–Kier alpha value is -0.0700. The molecule has 0 aromatic rings. The van der Waals surface area contributed by atoms with Crippen LogP contribution in [0.5, 0.6) is 0 Å². The van der Waals surface area contributed by atoms with E-state index < -0.39 is 9.84 Å². The van der Waals surface area contributed by atoms with Crippen LogP contribution in [-0.4, -0.2) is 54.8 Å². The first kappa shape index (κ1) is 14.3. The Kier molecular flexibility index (Phi) is 4.72. The topological polar surface area (TPSA) is 54.5 Å². The molecule has 2 atom stereocenters. The molecule has 0 amide bonds. The zero-order valence-corrected chi connectivity index (χ0v) is 12.4. The van der Waals surface area contributed by atoms with Crippen molar-refractivity contribution in [3.63, 3.8) is 0 Å². The first-order chi connectivity index (χ1) is 8.54. The molecular formula is C12H21NO3S2. The Morgan fingerprint density at radius 2 is 2.22 bits per heavy atom. The van der Waals surface area contributed by atoms with Gasteiger partial charge in [-0.15, -0.1) is 0 Å². The molecule has 1 aliphatic heterocycles. The SMILES string of the molecule is CCS(=O)(=O)C1CSCCN1CC1CCCC1=O. The smallest absolute Gasteiger partial charge is 0.166 e. The highest BCUT2D eigenvalue weighted by atomic mass is 32.2. The van der Waals surface area contributed by atoms with Crippen molar-refractivity contribution in [2.75, 3.05) is 30.3 Å². The molecule has 6 heteroatoms. The van der Waals surface area contributed by atoms with Crippen molar-refractivity contribution in [2.45, 2.75) is 31.6 Å². The zero-order valence-electron chi connectivity index (χ0n) is 10.8. The Balaban J connectivity index is 2.06. The lowest BCUT2D eigenvalue weighted by Gasteiger charge is -2.35. The van der Waals surface area contributed by atoms with Crippen molar-refractivity contribution in [1.82, 2.24) is 4.90 Å². The first-order valence-electron chi connectivity index (χ1n) is 6.60. The van der Waals surface area contributed by atoms with Gasteiger partial charge in [0.2, 0.25) is 0 Å². The second kappa shape index (κ2) is 5.92. The standard InChI is InChI=1S/C12H21NO3S2/c1-2-18(15,16)12-9-17-7-6-13(12)8-10-4-3-5-11(10)14/h10,12H,2-9H2,1H3. The van der Waals surface area contributed by atoms with Crippen LogP contribution < -0.4 is 0 Å². The van der Waals surface area contributed by atoms with E-state index in [1.165, 1.54) is 0 Å². The van der Waals surface area contributed by atoms with Crippen LogP contribution in [0.25, 0.3) is 0 Å². The maximum absolute atomic E-state index is 12.1. The maximum atomic E-state index is 12.1. The second-order valence-electron chi connectivity index (χ2n) is 5.03. The van der Waals surface area contributed by atoms with Crippen molar-refractivity contribution >= 4 is 27.4 Å². The molecule has 0 bridgehead atoms. The number of ketones is 1. The van der Waals surface area contributed by atoms with E-state index in [2.05, 4.69) is 0 Å². The van der Waals surface area contributed by atoms with Crippen molar-refractivity contribution < 1.29 is 13.2 Å². The van der Waals surface area contributed by atoms with Crippen LogP contribution in [0.1, 0.15) is 26.2 Å². The summed E-state index contributed by atoms with van der Waals surface area (Å²) in [6, 6.07) is 0. The largest absolute Gasteiger partial charge is 0.299 e. The summed E-state index contributed by atoms with van der Waals surface area (Å²) in [5.41, 5.74) is 0. The van der Waals surface area contributed by atoms with Gasteiger partial charge in [-0.1, -0.05) is 6.92 Å². The number of thioether (sulfide) groups is 1. The number of carbonyl (C=O) groups is 1. The van der Waals surface area contributed by atoms with E-state index in [0.29, 0.717) is 24.5 Å². The average molecular weight is 291 g/mol. The molecule has 0 radical (unpaired) electrons. The number of rotatable bonds is 4. The zero-order chi connectivity index (χ0) is 13.2. The fraction of sp³-hybridized carbons (Fsp3) is 0.917. The Morgan fingerprint density at radius 3 is 2.83 bits per heavy atom. The van der Waals surface area contributed by atoms with Crippen molar-refractivity contribution in [3.05, 3.63) is 0 Å². The summed E-state index contributed by atoms with van der Waals surface area (Å²) in [7, 11) is -3.04. The summed E-state index contributed by atoms with van der Waals surface area (Å²) in [4.78, 5) is 13.7. The first-order valence-corrected chi connectivity index (χ1v) is 9.47. The van der Waals surface area contributed by atoms with Crippen molar-refractivity contribution in [1.29, 1.82) is 0 Å². The molecule has 2 aliphatic rings. The van der Waals surface area contributed by atoms with Gasteiger partial charge in [0, 0.05) is 42.7 Å². The van der Waals surface area contributed by atoms with Crippen LogP contribution in [-0.2, 0) is 14.6 Å². The maximum Gasteiger partial charge on any atom is 0.166 e. The second-order valence-corrected chi connectivity index (χ2v) is 8.63. The molecule has 18 heavy (non-hydrogen) atoms. The van der Waals surface area contributed by atoms with Crippen molar-refractivity contribution in [2.24, 2.45) is 5.92 Å². The monoisotopic (exact) mass is 291 g/mol. The number of hydrogen-bond acceptors (Lipinski definition) is 5. The minimum Gasteiger partial charge on any atom is -0.299 e. The van der Waals surface area contributed by atoms with Gasteiger partial charge in [-0.2, -0.15) is 11.8 Å². The molecule has 1 saturated carbocycles. The third-order valence-electron chi connectivity index (χ3n) is 3.89. The summed E-state index contributed by atoms with van der Waals surface area (Å²) in [6.45, 7) is 3.13. The Labute approximate surface area is 113 Å². The Morgan fingerprint density at radius 1 is 1.44 bits per heavy atom. The molecule has 0 spiro atoms. The molecular weight excluding hydrogens is 270 g/mol. The molecule has 1 saturated heterocycles. The van der Waals surface area contributed by atoms with Crippen molar-refractivity contribution in [3.8, 4) is 0 Å². The minimum absolute atomic E-state index is 0.0719. The van der Waals surface area contributed by atoms with Gasteiger partial charge < -0.3 is 0 Å². The van der Waals surface area contributed by atoms with Crippen LogP contribution in [0.3, 0.4) is 0 Å². The molecule has 4 nitrogen and oxygen atoms in total. The molecule has 1 aliphatic carbocycles. The van der Waals surface area contributed by atoms with E-state index in [4.69, 9.17) is 0 Å². The number of carbonyl (C=O) groups excluding carboxylic acids is 1. The predicted octanol–water partition coefficient (Wildman–Crippen LogP) is 1.17. The summed E-state index contributed by atoms with van der Waals surface area (Å²) in [5.74, 6) is 2.20. The molecule has 1 heterocycles. The average Bonchev–Trinajstić information content (AvgIpc) is 2.76. The normalized spacial score (nSPS) is 30.8. The van der Waals surface area contributed by atoms with Gasteiger partial charge >= 0.3 is 0 Å². The van der Waals surface area contributed by atoms with E-state index in [1.54, 1.807) is 18.7 Å². The lowest BCUT2D eigenvalue weighted by molar-refractivity contribution is -0.121. The molecule has 0 N–H and O–H groups in total. The van der Waals surface area contributed by atoms with Gasteiger partial charge in [0.25, 0.3) is 0 Å². The predicted molar refractivity (Wildman–Crippen MR) is 74.5 cm³/mol. The van der Waals surface area contributed by atoms with E-state index in [0.717, 1.165) is 25.1 Å². The fourth-order valence-corrected chi connectivity index (χ4v) is 5.80. The van der Waals surface area contributed by atoms with E-state index in [-0.39, 0.29) is 17.0 Å². The van der Waals surface area contributed by atoms with Gasteiger partial charge in [0.1, 0.15) is 11.2 Å². The quantitative estimate of drug-likeness (QED) is 0.778.